The fraction of sp³-hybridized carbons (Fsp3) is 0.143. The monoisotopic (exact) mass is 225 g/mol. The first-order valence-electron chi connectivity index (χ1n) is 3.34. The first-order valence-corrected chi connectivity index (χ1v) is 3.72. The van der Waals surface area contributed by atoms with E-state index in [-0.39, 0.29) is 0 Å². The number of hydrogen-bond donors (Lipinski definition) is 0. The van der Waals surface area contributed by atoms with Crippen molar-refractivity contribution in [2.75, 3.05) is 0 Å². The Bertz CT molecular complexity index is 378. The first-order chi connectivity index (χ1) is 6.34. The van der Waals surface area contributed by atoms with Crippen LogP contribution >= 0.6 is 11.6 Å². The van der Waals surface area contributed by atoms with E-state index in [2.05, 4.69) is 0 Å². The second-order valence-electron chi connectivity index (χ2n) is 2.39. The Kier molecular flexibility index (Phi) is 2.66. The van der Waals surface area contributed by atoms with Crippen molar-refractivity contribution in [1.82, 2.24) is 0 Å². The zero-order valence-electron chi connectivity index (χ0n) is 6.51. The van der Waals surface area contributed by atoms with Gasteiger partial charge in [0, 0.05) is 0 Å². The number of rotatable bonds is 1. The lowest BCUT2D eigenvalue weighted by atomic mass is 10.2. The van der Waals surface area contributed by atoms with Crippen molar-refractivity contribution in [3.05, 3.63) is 38.9 Å². The van der Waals surface area contributed by atoms with Gasteiger partial charge >= 0.3 is 6.18 Å². The van der Waals surface area contributed by atoms with E-state index >= 15 is 0 Å². The Morgan fingerprint density at radius 2 is 1.93 bits per heavy atom. The van der Waals surface area contributed by atoms with Crippen LogP contribution in [0, 0.1) is 10.1 Å². The molecule has 0 amide bonds. The first kappa shape index (κ1) is 10.8. The molecule has 14 heavy (non-hydrogen) atoms. The number of halogens is 4. The lowest BCUT2D eigenvalue weighted by Crippen LogP contribution is -2.08. The molecule has 1 rings (SSSR count). The van der Waals surface area contributed by atoms with Gasteiger partial charge in [0.05, 0.1) is 4.92 Å². The minimum absolute atomic E-state index is 0.523. The van der Waals surface area contributed by atoms with Gasteiger partial charge in [0.25, 0.3) is 5.69 Å². The molecule has 0 aliphatic rings. The van der Waals surface area contributed by atoms with Gasteiger partial charge in [0.2, 0.25) is 0 Å². The van der Waals surface area contributed by atoms with Gasteiger partial charge in [0.1, 0.15) is 10.6 Å². The second kappa shape index (κ2) is 3.45. The van der Waals surface area contributed by atoms with Gasteiger partial charge in [-0.1, -0.05) is 17.7 Å². The van der Waals surface area contributed by atoms with Crippen molar-refractivity contribution in [2.45, 2.75) is 6.18 Å². The summed E-state index contributed by atoms with van der Waals surface area (Å²) in [6, 6.07) is 2.66. The van der Waals surface area contributed by atoms with Crippen molar-refractivity contribution >= 4 is 17.3 Å². The average Bonchev–Trinajstić information content (AvgIpc) is 2.01. The van der Waals surface area contributed by atoms with Gasteiger partial charge in [-0.3, -0.25) is 10.1 Å². The molecule has 0 saturated heterocycles. The number of hydrogen-bond acceptors (Lipinski definition) is 2. The topological polar surface area (TPSA) is 43.1 Å². The molecular weight excluding hydrogens is 223 g/mol. The predicted molar refractivity (Wildman–Crippen MR) is 43.1 cm³/mol. The quantitative estimate of drug-likeness (QED) is 0.544. The van der Waals surface area contributed by atoms with Crippen LogP contribution in [0.3, 0.4) is 0 Å². The Morgan fingerprint density at radius 1 is 1.36 bits per heavy atom. The van der Waals surface area contributed by atoms with Gasteiger partial charge in [0.15, 0.2) is 0 Å². The van der Waals surface area contributed by atoms with Crippen LogP contribution in [0.15, 0.2) is 18.2 Å². The van der Waals surface area contributed by atoms with Crippen molar-refractivity contribution in [1.29, 1.82) is 0 Å². The van der Waals surface area contributed by atoms with Crippen molar-refractivity contribution in [3.63, 3.8) is 0 Å². The third-order valence-electron chi connectivity index (χ3n) is 1.47. The highest BCUT2D eigenvalue weighted by Crippen LogP contribution is 2.39. The van der Waals surface area contributed by atoms with E-state index in [0.717, 1.165) is 12.1 Å². The second-order valence-corrected chi connectivity index (χ2v) is 2.80. The van der Waals surface area contributed by atoms with Crippen LogP contribution in [0.4, 0.5) is 18.9 Å². The minimum Gasteiger partial charge on any atom is -0.258 e. The van der Waals surface area contributed by atoms with E-state index in [1.165, 1.54) is 0 Å². The van der Waals surface area contributed by atoms with E-state index in [9.17, 15) is 23.3 Å². The highest BCUT2D eigenvalue weighted by atomic mass is 35.5. The maximum absolute atomic E-state index is 12.2. The molecule has 0 N–H and O–H groups in total. The van der Waals surface area contributed by atoms with Gasteiger partial charge in [-0.25, -0.2) is 0 Å². The van der Waals surface area contributed by atoms with Crippen LogP contribution < -0.4 is 0 Å². The summed E-state index contributed by atoms with van der Waals surface area (Å²) in [6.45, 7) is 0. The minimum atomic E-state index is -4.77. The largest absolute Gasteiger partial charge is 0.423 e. The molecule has 0 saturated carbocycles. The molecule has 1 aromatic carbocycles. The molecule has 0 unspecified atom stereocenters. The van der Waals surface area contributed by atoms with E-state index in [1.54, 1.807) is 0 Å². The molecule has 0 aromatic heterocycles. The Hall–Kier alpha value is -1.30. The van der Waals surface area contributed by atoms with Crippen LogP contribution in [-0.2, 0) is 6.18 Å². The summed E-state index contributed by atoms with van der Waals surface area (Å²) in [5, 5.41) is 9.79. The summed E-state index contributed by atoms with van der Waals surface area (Å²) in [5.74, 6) is 0. The molecule has 0 radical (unpaired) electrons. The van der Waals surface area contributed by atoms with Crippen LogP contribution in [0.5, 0.6) is 0 Å². The lowest BCUT2D eigenvalue weighted by molar-refractivity contribution is -0.387. The lowest BCUT2D eigenvalue weighted by Gasteiger charge is -2.07. The van der Waals surface area contributed by atoms with Crippen LogP contribution in [0.25, 0.3) is 0 Å². The van der Waals surface area contributed by atoms with E-state index in [4.69, 9.17) is 11.6 Å². The Balaban J connectivity index is 3.44. The van der Waals surface area contributed by atoms with Gasteiger partial charge in [-0.15, -0.1) is 0 Å². The van der Waals surface area contributed by atoms with E-state index in [1.807, 2.05) is 0 Å². The van der Waals surface area contributed by atoms with Gasteiger partial charge in [-0.05, 0) is 12.1 Å². The summed E-state index contributed by atoms with van der Waals surface area (Å²) in [7, 11) is 0. The molecule has 0 spiro atoms. The van der Waals surface area contributed by atoms with Gasteiger partial charge < -0.3 is 0 Å². The smallest absolute Gasteiger partial charge is 0.258 e. The summed E-state index contributed by atoms with van der Waals surface area (Å²) in [5.41, 5.74) is -2.45. The molecule has 0 heterocycles. The summed E-state index contributed by atoms with van der Waals surface area (Å²) in [4.78, 5) is 9.16. The third kappa shape index (κ3) is 1.95. The maximum Gasteiger partial charge on any atom is 0.423 e. The van der Waals surface area contributed by atoms with Crippen molar-refractivity contribution in [2.24, 2.45) is 0 Å². The summed E-state index contributed by atoms with van der Waals surface area (Å²) < 4.78 is 36.7. The molecule has 0 fully saturated rings. The molecule has 0 aliphatic heterocycles. The van der Waals surface area contributed by atoms with Crippen LogP contribution in [0.2, 0.25) is 5.02 Å². The highest BCUT2D eigenvalue weighted by Gasteiger charge is 2.39. The SMILES string of the molecule is O=[N+]([O-])c1c(Cl)cccc1C(F)(F)F. The fourth-order valence-corrected chi connectivity index (χ4v) is 1.17. The maximum atomic E-state index is 12.2. The average molecular weight is 226 g/mol. The standard InChI is InChI=1S/C7H3ClF3NO2/c8-5-3-1-2-4(7(9,10)11)6(5)12(13)14/h1-3H. The molecule has 76 valence electrons. The van der Waals surface area contributed by atoms with Gasteiger partial charge in [-0.2, -0.15) is 13.2 Å². The molecule has 0 atom stereocenters. The predicted octanol–water partition coefficient (Wildman–Crippen LogP) is 3.27. The number of nitro groups is 1. The normalized spacial score (nSPS) is 11.4. The Labute approximate surface area is 81.2 Å². The Morgan fingerprint density at radius 3 is 2.29 bits per heavy atom. The number of alkyl halides is 3. The van der Waals surface area contributed by atoms with Crippen molar-refractivity contribution < 1.29 is 18.1 Å². The number of nitro benzene ring substituents is 1. The molecule has 1 aromatic rings. The highest BCUT2D eigenvalue weighted by molar-refractivity contribution is 6.32. The molecule has 0 aliphatic carbocycles. The summed E-state index contributed by atoms with van der Waals surface area (Å²) in [6.07, 6.45) is -4.77. The van der Waals surface area contributed by atoms with Crippen molar-refractivity contribution in [3.8, 4) is 0 Å². The summed E-state index contributed by atoms with van der Waals surface area (Å²) >= 11 is 5.29. The zero-order valence-corrected chi connectivity index (χ0v) is 7.26. The fourth-order valence-electron chi connectivity index (χ4n) is 0.930. The molecule has 3 nitrogen and oxygen atoms in total. The zero-order chi connectivity index (χ0) is 10.9. The van der Waals surface area contributed by atoms with Crippen LogP contribution in [0.1, 0.15) is 5.56 Å². The van der Waals surface area contributed by atoms with Crippen LogP contribution in [-0.4, -0.2) is 4.92 Å². The molecular formula is C7H3ClF3NO2. The number of benzene rings is 1. The number of nitrogens with zero attached hydrogens (tertiary/aromatic N) is 1. The van der Waals surface area contributed by atoms with E-state index in [0.29, 0.717) is 6.07 Å². The molecule has 7 heteroatoms. The van der Waals surface area contributed by atoms with E-state index < -0.39 is 27.4 Å². The molecule has 0 bridgehead atoms. The third-order valence-corrected chi connectivity index (χ3v) is 1.78. The number of para-hydroxylation sites is 1.